The van der Waals surface area contributed by atoms with Gasteiger partial charge in [-0.1, -0.05) is 12.1 Å². The van der Waals surface area contributed by atoms with Gasteiger partial charge in [0.25, 0.3) is 5.91 Å². The van der Waals surface area contributed by atoms with Crippen molar-refractivity contribution in [2.24, 2.45) is 0 Å². The maximum Gasteiger partial charge on any atom is 0.280 e. The van der Waals surface area contributed by atoms with Crippen LogP contribution in [0.2, 0.25) is 0 Å². The van der Waals surface area contributed by atoms with E-state index in [2.05, 4.69) is 10.4 Å². The van der Waals surface area contributed by atoms with Gasteiger partial charge < -0.3 is 5.32 Å². The van der Waals surface area contributed by atoms with Crippen LogP contribution < -0.4 is 10.7 Å². The summed E-state index contributed by atoms with van der Waals surface area (Å²) in [6.07, 6.45) is 0. The molecule has 4 rings (SSSR count). The Hall–Kier alpha value is -3.94. The zero-order valence-corrected chi connectivity index (χ0v) is 14.7. The lowest BCUT2D eigenvalue weighted by atomic mass is 10.2. The second kappa shape index (κ2) is 7.23. The fourth-order valence-corrected chi connectivity index (χ4v) is 2.92. The van der Waals surface area contributed by atoms with E-state index in [1.807, 2.05) is 0 Å². The number of halogens is 3. The van der Waals surface area contributed by atoms with E-state index in [-0.39, 0.29) is 11.1 Å². The summed E-state index contributed by atoms with van der Waals surface area (Å²) in [5, 5.41) is 6.61. The topological polar surface area (TPSA) is 64.0 Å². The molecule has 144 valence electrons. The standard InChI is InChI=1S/C21H12F3N3O2/c22-12-5-7-16(8-6-12)27-18-4-2-1-3-17(18)20(28)19(26-27)21(29)25-15-10-13(23)9-14(24)11-15/h1-11H,(H,25,29). The van der Waals surface area contributed by atoms with E-state index in [4.69, 9.17) is 0 Å². The van der Waals surface area contributed by atoms with Gasteiger partial charge in [0, 0.05) is 11.8 Å². The molecular formula is C21H12F3N3O2. The maximum absolute atomic E-state index is 13.4. The molecule has 0 fully saturated rings. The Bertz CT molecular complexity index is 1280. The van der Waals surface area contributed by atoms with E-state index in [0.29, 0.717) is 17.3 Å². The molecule has 0 saturated carbocycles. The van der Waals surface area contributed by atoms with Crippen molar-refractivity contribution in [2.75, 3.05) is 5.32 Å². The first-order chi connectivity index (χ1) is 13.9. The van der Waals surface area contributed by atoms with Crippen LogP contribution in [-0.4, -0.2) is 15.7 Å². The highest BCUT2D eigenvalue weighted by atomic mass is 19.1. The summed E-state index contributed by atoms with van der Waals surface area (Å²) < 4.78 is 41.4. The van der Waals surface area contributed by atoms with Crippen molar-refractivity contribution in [1.29, 1.82) is 0 Å². The van der Waals surface area contributed by atoms with Crippen molar-refractivity contribution in [3.63, 3.8) is 0 Å². The summed E-state index contributed by atoms with van der Waals surface area (Å²) >= 11 is 0. The molecule has 0 aliphatic heterocycles. The minimum absolute atomic E-state index is 0.157. The van der Waals surface area contributed by atoms with E-state index < -0.39 is 34.5 Å². The lowest BCUT2D eigenvalue weighted by molar-refractivity contribution is 0.102. The number of fused-ring (bicyclic) bond motifs is 1. The first-order valence-corrected chi connectivity index (χ1v) is 8.48. The van der Waals surface area contributed by atoms with E-state index >= 15 is 0 Å². The summed E-state index contributed by atoms with van der Waals surface area (Å²) in [6.45, 7) is 0. The SMILES string of the molecule is O=C(Nc1cc(F)cc(F)c1)c1nn(-c2ccc(F)cc2)c2ccccc2c1=O. The average Bonchev–Trinajstić information content (AvgIpc) is 2.68. The Kier molecular flexibility index (Phi) is 4.59. The van der Waals surface area contributed by atoms with Crippen molar-refractivity contribution in [1.82, 2.24) is 9.78 Å². The van der Waals surface area contributed by atoms with Gasteiger partial charge >= 0.3 is 0 Å². The summed E-state index contributed by atoms with van der Waals surface area (Å²) in [4.78, 5) is 25.4. The number of nitrogens with zero attached hydrogens (tertiary/aromatic N) is 2. The van der Waals surface area contributed by atoms with E-state index in [0.717, 1.165) is 12.1 Å². The first kappa shape index (κ1) is 18.4. The molecule has 1 amide bonds. The van der Waals surface area contributed by atoms with E-state index in [9.17, 15) is 22.8 Å². The van der Waals surface area contributed by atoms with Crippen molar-refractivity contribution in [3.05, 3.63) is 100 Å². The second-order valence-corrected chi connectivity index (χ2v) is 6.20. The smallest absolute Gasteiger partial charge is 0.280 e. The largest absolute Gasteiger partial charge is 0.320 e. The number of aromatic nitrogens is 2. The molecule has 0 saturated heterocycles. The molecule has 0 bridgehead atoms. The van der Waals surface area contributed by atoms with Gasteiger partial charge in [-0.05, 0) is 48.5 Å². The number of anilines is 1. The highest BCUT2D eigenvalue weighted by molar-refractivity contribution is 6.04. The number of carbonyl (C=O) groups excluding carboxylic acids is 1. The summed E-state index contributed by atoms with van der Waals surface area (Å²) in [5.41, 5.74) is -0.438. The Balaban J connectivity index is 1.86. The molecule has 5 nitrogen and oxygen atoms in total. The first-order valence-electron chi connectivity index (χ1n) is 8.48. The number of hydrogen-bond acceptors (Lipinski definition) is 3. The highest BCUT2D eigenvalue weighted by Gasteiger charge is 2.19. The van der Waals surface area contributed by atoms with Crippen molar-refractivity contribution in [2.45, 2.75) is 0 Å². The molecule has 3 aromatic carbocycles. The van der Waals surface area contributed by atoms with Gasteiger partial charge in [0.05, 0.1) is 16.6 Å². The van der Waals surface area contributed by atoms with Gasteiger partial charge in [-0.15, -0.1) is 0 Å². The minimum Gasteiger partial charge on any atom is -0.320 e. The molecule has 29 heavy (non-hydrogen) atoms. The van der Waals surface area contributed by atoms with Crippen LogP contribution in [0.1, 0.15) is 10.5 Å². The summed E-state index contributed by atoms with van der Waals surface area (Å²) in [6, 6.07) is 14.3. The average molecular weight is 395 g/mol. The molecule has 8 heteroatoms. The van der Waals surface area contributed by atoms with E-state index in [1.54, 1.807) is 18.2 Å². The van der Waals surface area contributed by atoms with Gasteiger partial charge in [-0.2, -0.15) is 5.10 Å². The predicted octanol–water partition coefficient (Wildman–Crippen LogP) is 4.06. The second-order valence-electron chi connectivity index (χ2n) is 6.20. The molecule has 4 aromatic rings. The van der Waals surface area contributed by atoms with Crippen LogP contribution in [0.3, 0.4) is 0 Å². The van der Waals surface area contributed by atoms with Crippen LogP contribution in [0.4, 0.5) is 18.9 Å². The number of benzene rings is 3. The van der Waals surface area contributed by atoms with E-state index in [1.165, 1.54) is 35.0 Å². The molecule has 0 atom stereocenters. The lowest BCUT2D eigenvalue weighted by Gasteiger charge is -2.12. The van der Waals surface area contributed by atoms with Crippen LogP contribution in [0.5, 0.6) is 0 Å². The fourth-order valence-electron chi connectivity index (χ4n) is 2.92. The number of rotatable bonds is 3. The summed E-state index contributed by atoms with van der Waals surface area (Å²) in [5.74, 6) is -3.14. The zero-order valence-electron chi connectivity index (χ0n) is 14.7. The Labute approximate surface area is 162 Å². The fraction of sp³-hybridized carbons (Fsp3) is 0. The molecule has 0 unspecified atom stereocenters. The minimum atomic E-state index is -0.929. The quantitative estimate of drug-likeness (QED) is 0.569. The van der Waals surface area contributed by atoms with Crippen LogP contribution in [0, 0.1) is 17.5 Å². The molecule has 1 heterocycles. The summed E-state index contributed by atoms with van der Waals surface area (Å²) in [7, 11) is 0. The third-order valence-corrected chi connectivity index (χ3v) is 4.20. The lowest BCUT2D eigenvalue weighted by Crippen LogP contribution is -2.26. The third-order valence-electron chi connectivity index (χ3n) is 4.20. The monoisotopic (exact) mass is 395 g/mol. The van der Waals surface area contributed by atoms with Gasteiger partial charge in [-0.25, -0.2) is 17.9 Å². The zero-order chi connectivity index (χ0) is 20.5. The number of amides is 1. The predicted molar refractivity (Wildman–Crippen MR) is 102 cm³/mol. The van der Waals surface area contributed by atoms with Crippen molar-refractivity contribution >= 4 is 22.5 Å². The number of para-hydroxylation sites is 1. The van der Waals surface area contributed by atoms with Crippen LogP contribution in [0.25, 0.3) is 16.6 Å². The van der Waals surface area contributed by atoms with Gasteiger partial charge in [0.1, 0.15) is 17.5 Å². The third kappa shape index (κ3) is 3.60. The van der Waals surface area contributed by atoms with Gasteiger partial charge in [0.15, 0.2) is 5.69 Å². The van der Waals surface area contributed by atoms with Crippen molar-refractivity contribution in [3.8, 4) is 5.69 Å². The molecular weight excluding hydrogens is 383 g/mol. The van der Waals surface area contributed by atoms with Gasteiger partial charge in [0.2, 0.25) is 5.43 Å². The molecule has 0 radical (unpaired) electrons. The molecule has 0 spiro atoms. The Morgan fingerprint density at radius 3 is 2.21 bits per heavy atom. The van der Waals surface area contributed by atoms with Crippen molar-refractivity contribution < 1.29 is 18.0 Å². The highest BCUT2D eigenvalue weighted by Crippen LogP contribution is 2.17. The molecule has 0 aliphatic rings. The van der Waals surface area contributed by atoms with Crippen LogP contribution in [-0.2, 0) is 0 Å². The number of carbonyl (C=O) groups is 1. The maximum atomic E-state index is 13.4. The molecule has 1 N–H and O–H groups in total. The Morgan fingerprint density at radius 2 is 1.52 bits per heavy atom. The molecule has 0 aliphatic carbocycles. The van der Waals surface area contributed by atoms with Crippen LogP contribution in [0.15, 0.2) is 71.5 Å². The van der Waals surface area contributed by atoms with Crippen LogP contribution >= 0.6 is 0 Å². The Morgan fingerprint density at radius 1 is 0.862 bits per heavy atom. The number of hydrogen-bond donors (Lipinski definition) is 1. The van der Waals surface area contributed by atoms with Gasteiger partial charge in [-0.3, -0.25) is 9.59 Å². The normalized spacial score (nSPS) is 10.9. The molecule has 1 aromatic heterocycles. The number of nitrogens with one attached hydrogen (secondary N) is 1.